The first-order valence-corrected chi connectivity index (χ1v) is 38.4. The van der Waals surface area contributed by atoms with Crippen LogP contribution in [0.1, 0.15) is 141 Å². The normalized spacial score (nSPS) is 11.4. The molecule has 0 saturated heterocycles. The highest BCUT2D eigenvalue weighted by molar-refractivity contribution is 14.1. The summed E-state index contributed by atoms with van der Waals surface area (Å²) >= 11 is 6.22. The zero-order valence-electron chi connectivity index (χ0n) is 57.1. The number of alkyl halides is 1. The quantitative estimate of drug-likeness (QED) is 0.00741. The number of aromatic nitrogens is 2. The largest absolute Gasteiger partial charge is 0.381 e. The molecular weight excluding hydrogens is 1400 g/mol. The first-order chi connectivity index (χ1) is 44.4. The van der Waals surface area contributed by atoms with E-state index in [-0.39, 0.29) is 95.2 Å². The number of azide groups is 1. The second kappa shape index (κ2) is 65.7. The van der Waals surface area contributed by atoms with Crippen LogP contribution in [0.4, 0.5) is 0 Å². The Bertz CT molecular complexity index is 2350. The molecule has 0 bridgehead atoms. The Balaban J connectivity index is -0.00000107. The summed E-state index contributed by atoms with van der Waals surface area (Å²) in [6, 6.07) is 11.7. The number of ketones is 7. The second-order valence-corrected chi connectivity index (χ2v) is 28.4. The molecular formula is C66H107IN6O15S5. The van der Waals surface area contributed by atoms with E-state index >= 15 is 0 Å². The standard InChI is InChI=1S/C17H25NO3S2.C13H19NO2S2.C12H17NO4.C8H15IO2.C8H15N3O2.C8H16O2S/c1-14(2)16(20)8-12-21-11-5-6-15(19)9-13-22-23-17-7-3-4-10-18-17;1-11(2)12(15)6-8-16-9-10-17-18-13-5-3-4-7-14-13;1-9(2)10(14)5-7-17-8-6-13-11(15)3-4-12(13)16;1-7(2)8(10)3-5-11-6-4-9;1-7(2)8(12)3-5-13-6-4-10-11-9;1-7(2)8(9)3-4-10-5-6-11/h3-4,7,10,14H,5-6,8-9,11-13H2,1-2H3;3-5,7,11H,6,8-10H2,1-2H3;3-4,9H,5-8H2,1-2H3;7H,3-6H2,1-2H3;7H,3-6H2,1-2H3;7,11H,3-6H2,1-2H3. The van der Waals surface area contributed by atoms with Gasteiger partial charge in [0.2, 0.25) is 0 Å². The highest BCUT2D eigenvalue weighted by Crippen LogP contribution is 2.30. The van der Waals surface area contributed by atoms with Crippen LogP contribution in [0.2, 0.25) is 0 Å². The van der Waals surface area contributed by atoms with Crippen LogP contribution >= 0.6 is 78.4 Å². The monoisotopic (exact) mass is 1510 g/mol. The molecule has 1 aliphatic rings. The van der Waals surface area contributed by atoms with Gasteiger partial charge in [-0.2, -0.15) is 12.6 Å². The molecule has 2 amide bonds. The molecule has 27 heteroatoms. The minimum Gasteiger partial charge on any atom is -0.381 e. The number of nitrogens with zero attached hydrogens (tertiary/aromatic N) is 6. The molecule has 0 N–H and O–H groups in total. The lowest BCUT2D eigenvalue weighted by Gasteiger charge is -2.13. The number of hydrogen-bond acceptors (Lipinski definition) is 23. The number of imide groups is 1. The number of halogens is 1. The van der Waals surface area contributed by atoms with E-state index in [0.29, 0.717) is 130 Å². The van der Waals surface area contributed by atoms with E-state index < -0.39 is 0 Å². The molecule has 0 saturated carbocycles. The zero-order valence-corrected chi connectivity index (χ0v) is 63.4. The van der Waals surface area contributed by atoms with Crippen molar-refractivity contribution in [3.63, 3.8) is 0 Å². The number of rotatable bonds is 48. The van der Waals surface area contributed by atoms with Gasteiger partial charge < -0.3 is 28.4 Å². The van der Waals surface area contributed by atoms with Crippen LogP contribution in [0, 0.1) is 35.5 Å². The van der Waals surface area contributed by atoms with Crippen molar-refractivity contribution in [1.29, 1.82) is 0 Å². The lowest BCUT2D eigenvalue weighted by atomic mass is 10.1. The fourth-order valence-corrected chi connectivity index (χ4v) is 10.3. The predicted molar refractivity (Wildman–Crippen MR) is 388 cm³/mol. The molecule has 1 aliphatic heterocycles. The molecule has 528 valence electrons. The van der Waals surface area contributed by atoms with Gasteiger partial charge in [-0.1, -0.05) is 145 Å². The van der Waals surface area contributed by atoms with Crippen LogP contribution in [-0.2, 0) is 71.6 Å². The summed E-state index contributed by atoms with van der Waals surface area (Å²) in [6.45, 7) is 29.4. The van der Waals surface area contributed by atoms with Crippen LogP contribution in [0.3, 0.4) is 0 Å². The van der Waals surface area contributed by atoms with Gasteiger partial charge in [-0.25, -0.2) is 9.97 Å². The Morgan fingerprint density at radius 1 is 0.495 bits per heavy atom. The summed E-state index contributed by atoms with van der Waals surface area (Å²) in [5.41, 5.74) is 7.93. The number of Topliss-reactive ketones (excluding diaryl/α,β-unsaturated/α-hetero) is 7. The third-order valence-corrected chi connectivity index (χ3v) is 17.2. The van der Waals surface area contributed by atoms with Crippen molar-refractivity contribution in [2.45, 2.75) is 151 Å². The number of thiol groups is 1. The van der Waals surface area contributed by atoms with E-state index in [9.17, 15) is 43.2 Å². The summed E-state index contributed by atoms with van der Waals surface area (Å²) in [6.07, 6.45) is 10.8. The molecule has 21 nitrogen and oxygen atoms in total. The highest BCUT2D eigenvalue weighted by atomic mass is 127. The Morgan fingerprint density at radius 2 is 0.860 bits per heavy atom. The predicted octanol–water partition coefficient (Wildman–Crippen LogP) is 13.7. The summed E-state index contributed by atoms with van der Waals surface area (Å²) in [5, 5.41) is 5.27. The minimum absolute atomic E-state index is 0.0181. The molecule has 0 radical (unpaired) electrons. The van der Waals surface area contributed by atoms with E-state index in [0.717, 1.165) is 49.7 Å². The van der Waals surface area contributed by atoms with Gasteiger partial charge >= 0.3 is 0 Å². The molecule has 3 heterocycles. The molecule has 0 fully saturated rings. The maximum absolute atomic E-state index is 11.7. The number of pyridine rings is 2. The summed E-state index contributed by atoms with van der Waals surface area (Å²) < 4.78 is 32.4. The molecule has 2 aromatic heterocycles. The van der Waals surface area contributed by atoms with Crippen LogP contribution < -0.4 is 0 Å². The molecule has 3 rings (SSSR count). The molecule has 0 unspecified atom stereocenters. The van der Waals surface area contributed by atoms with E-state index in [1.54, 1.807) is 55.6 Å². The van der Waals surface area contributed by atoms with Gasteiger partial charge in [-0.15, -0.1) is 0 Å². The van der Waals surface area contributed by atoms with Gasteiger partial charge in [-0.05, 0) is 57.8 Å². The Labute approximate surface area is 589 Å². The summed E-state index contributed by atoms with van der Waals surface area (Å²) in [7, 11) is 6.62. The van der Waals surface area contributed by atoms with Crippen LogP contribution in [0.15, 0.2) is 76.1 Å². The molecule has 2 aromatic rings. The van der Waals surface area contributed by atoms with Gasteiger partial charge in [0.05, 0.1) is 79.2 Å². The van der Waals surface area contributed by atoms with Crippen LogP contribution in [-0.4, -0.2) is 181 Å². The molecule has 0 aromatic carbocycles. The maximum atomic E-state index is 11.7. The number of ether oxygens (including phenoxy) is 6. The van der Waals surface area contributed by atoms with Crippen molar-refractivity contribution in [3.05, 3.63) is 71.4 Å². The third-order valence-electron chi connectivity index (χ3n) is 12.1. The summed E-state index contributed by atoms with van der Waals surface area (Å²) in [5.74, 6) is 4.02. The van der Waals surface area contributed by atoms with Crippen molar-refractivity contribution in [2.75, 3.05) is 114 Å². The van der Waals surface area contributed by atoms with Crippen molar-refractivity contribution in [1.82, 2.24) is 14.9 Å². The van der Waals surface area contributed by atoms with Crippen molar-refractivity contribution in [3.8, 4) is 0 Å². The van der Waals surface area contributed by atoms with E-state index in [2.05, 4.69) is 55.2 Å². The first-order valence-electron chi connectivity index (χ1n) is 31.6. The van der Waals surface area contributed by atoms with Crippen LogP contribution in [0.25, 0.3) is 10.4 Å². The number of carbonyl (C=O) groups is 9. The highest BCUT2D eigenvalue weighted by Gasteiger charge is 2.22. The van der Waals surface area contributed by atoms with Crippen molar-refractivity contribution in [2.24, 2.45) is 40.6 Å². The average Bonchev–Trinajstić information content (AvgIpc) is 2.09. The lowest BCUT2D eigenvalue weighted by Crippen LogP contribution is -2.33. The summed E-state index contributed by atoms with van der Waals surface area (Å²) in [4.78, 5) is 113. The Kier molecular flexibility index (Phi) is 66.1. The topological polar surface area (TPSA) is 287 Å². The van der Waals surface area contributed by atoms with Gasteiger partial charge in [0, 0.05) is 151 Å². The molecule has 0 atom stereocenters. The number of amides is 2. The Morgan fingerprint density at radius 3 is 1.23 bits per heavy atom. The molecule has 0 spiro atoms. The van der Waals surface area contributed by atoms with Gasteiger partial charge in [0.1, 0.15) is 50.5 Å². The lowest BCUT2D eigenvalue weighted by molar-refractivity contribution is -0.138. The average molecular weight is 1510 g/mol. The molecule has 93 heavy (non-hydrogen) atoms. The number of carbonyl (C=O) groups excluding carboxylic acids is 9. The van der Waals surface area contributed by atoms with E-state index in [1.807, 2.05) is 119 Å². The molecule has 0 aliphatic carbocycles. The number of hydrogen-bond donors (Lipinski definition) is 1. The first kappa shape index (κ1) is 93.6. The van der Waals surface area contributed by atoms with Crippen molar-refractivity contribution >= 4 is 131 Å². The van der Waals surface area contributed by atoms with E-state index in [4.69, 9.17) is 34.0 Å². The van der Waals surface area contributed by atoms with Gasteiger partial charge in [-0.3, -0.25) is 48.1 Å². The fraction of sp³-hybridized carbons (Fsp3) is 0.682. The third kappa shape index (κ3) is 61.7. The SMILES string of the molecule is CC(C)C(=O)CCOCCCC(=O)CCSSc1ccccn1.CC(C)C(=O)CCOCCI.CC(C)C(=O)CCOCCN1C(=O)C=CC1=O.CC(C)C(=O)CCOCCN=[N+]=[N-].CC(C)C(=O)CCOCCS.CC(C)C(=O)CCOCCSSc1ccccn1. The van der Waals surface area contributed by atoms with Crippen LogP contribution in [0.5, 0.6) is 0 Å². The van der Waals surface area contributed by atoms with Crippen molar-refractivity contribution < 1.29 is 71.6 Å². The maximum Gasteiger partial charge on any atom is 0.253 e. The van der Waals surface area contributed by atoms with Gasteiger partial charge in [0.15, 0.2) is 0 Å². The zero-order chi connectivity index (χ0) is 70.5. The second-order valence-electron chi connectivity index (χ2n) is 22.0. The fourth-order valence-electron chi connectivity index (χ4n) is 6.20. The smallest absolute Gasteiger partial charge is 0.253 e. The Hall–Kier alpha value is -3.58. The van der Waals surface area contributed by atoms with E-state index in [1.165, 1.54) is 12.2 Å². The van der Waals surface area contributed by atoms with Gasteiger partial charge in [0.25, 0.3) is 11.8 Å². The minimum atomic E-state index is -0.308.